The zero-order valence-corrected chi connectivity index (χ0v) is 19.9. The number of hydrogen-bond acceptors (Lipinski definition) is 4. The third-order valence-electron chi connectivity index (χ3n) is 6.14. The Morgan fingerprint density at radius 1 is 0.944 bits per heavy atom. The Morgan fingerprint density at radius 3 is 2.58 bits per heavy atom. The van der Waals surface area contributed by atoms with E-state index in [0.717, 1.165) is 23.2 Å². The highest BCUT2D eigenvalue weighted by atomic mass is 16.1. The van der Waals surface area contributed by atoms with Crippen molar-refractivity contribution in [3.8, 4) is 11.1 Å². The third-order valence-corrected chi connectivity index (χ3v) is 6.14. The number of hydrogen-bond donors (Lipinski definition) is 2. The van der Waals surface area contributed by atoms with Crippen molar-refractivity contribution in [3.63, 3.8) is 0 Å². The maximum Gasteiger partial charge on any atom is 0.258 e. The molecule has 7 heteroatoms. The molecule has 0 aliphatic heterocycles. The van der Waals surface area contributed by atoms with Crippen LogP contribution in [0.1, 0.15) is 29.8 Å². The zero-order valence-electron chi connectivity index (χ0n) is 19.9. The number of carbonyl (C=O) groups excluding carboxylic acids is 1. The smallest absolute Gasteiger partial charge is 0.258 e. The summed E-state index contributed by atoms with van der Waals surface area (Å²) < 4.78 is 1.90. The fourth-order valence-electron chi connectivity index (χ4n) is 4.28. The van der Waals surface area contributed by atoms with Gasteiger partial charge in [-0.3, -0.25) is 14.3 Å². The van der Waals surface area contributed by atoms with E-state index in [1.807, 2.05) is 53.3 Å². The minimum atomic E-state index is -0.147. The maximum absolute atomic E-state index is 12.5. The van der Waals surface area contributed by atoms with E-state index in [2.05, 4.69) is 50.7 Å². The molecule has 0 atom stereocenters. The number of carbonyl (C=O) groups is 1. The molecule has 2 N–H and O–H groups in total. The molecule has 0 saturated heterocycles. The van der Waals surface area contributed by atoms with E-state index in [9.17, 15) is 9.59 Å². The predicted molar refractivity (Wildman–Crippen MR) is 140 cm³/mol. The highest BCUT2D eigenvalue weighted by Gasteiger charge is 2.09. The van der Waals surface area contributed by atoms with E-state index in [0.29, 0.717) is 42.5 Å². The molecule has 0 spiro atoms. The molecule has 0 aliphatic rings. The van der Waals surface area contributed by atoms with Crippen LogP contribution in [0.15, 0.2) is 96.1 Å². The van der Waals surface area contributed by atoms with Crippen molar-refractivity contribution < 1.29 is 4.79 Å². The average Bonchev–Trinajstić information content (AvgIpc) is 3.41. The number of aryl methyl sites for hydroxylation is 1. The van der Waals surface area contributed by atoms with E-state index in [1.165, 1.54) is 5.56 Å². The molecule has 2 aromatic heterocycles. The van der Waals surface area contributed by atoms with Crippen molar-refractivity contribution in [1.82, 2.24) is 25.1 Å². The largest absolute Gasteiger partial charge is 0.352 e. The van der Waals surface area contributed by atoms with Gasteiger partial charge in [0.2, 0.25) is 5.91 Å². The number of H-pyrrole nitrogens is 1. The topological polar surface area (TPSA) is 92.7 Å². The van der Waals surface area contributed by atoms with Crippen molar-refractivity contribution in [2.45, 2.75) is 32.4 Å². The molecule has 5 rings (SSSR count). The summed E-state index contributed by atoms with van der Waals surface area (Å²) in [5.41, 5.74) is 4.97. The predicted octanol–water partition coefficient (Wildman–Crippen LogP) is 4.47. The third kappa shape index (κ3) is 5.58. The van der Waals surface area contributed by atoms with Gasteiger partial charge in [0.15, 0.2) is 0 Å². The Balaban J connectivity index is 1.16. The molecule has 3 aromatic carbocycles. The number of fused-ring (bicyclic) bond motifs is 1. The Hall–Kier alpha value is -4.52. The van der Waals surface area contributed by atoms with Crippen LogP contribution in [0, 0.1) is 0 Å². The van der Waals surface area contributed by atoms with Crippen molar-refractivity contribution in [2.24, 2.45) is 0 Å². The Kier molecular flexibility index (Phi) is 6.98. The van der Waals surface area contributed by atoms with E-state index in [4.69, 9.17) is 0 Å². The summed E-state index contributed by atoms with van der Waals surface area (Å²) in [6.07, 6.45) is 5.23. The highest BCUT2D eigenvalue weighted by Crippen LogP contribution is 2.24. The van der Waals surface area contributed by atoms with Crippen LogP contribution in [-0.4, -0.2) is 25.7 Å². The van der Waals surface area contributed by atoms with Crippen LogP contribution in [0.5, 0.6) is 0 Å². The second kappa shape index (κ2) is 10.8. The molecule has 0 aliphatic carbocycles. The Bertz CT molecular complexity index is 1520. The molecule has 0 unspecified atom stereocenters. The van der Waals surface area contributed by atoms with Crippen molar-refractivity contribution in [3.05, 3.63) is 119 Å². The lowest BCUT2D eigenvalue weighted by Crippen LogP contribution is -2.23. The van der Waals surface area contributed by atoms with Gasteiger partial charge < -0.3 is 10.3 Å². The van der Waals surface area contributed by atoms with E-state index in [1.54, 1.807) is 12.3 Å². The summed E-state index contributed by atoms with van der Waals surface area (Å²) in [5.74, 6) is 0.579. The highest BCUT2D eigenvalue weighted by molar-refractivity contribution is 5.77. The fraction of sp³-hybridized carbons (Fsp3) is 0.172. The summed E-state index contributed by atoms with van der Waals surface area (Å²) in [4.78, 5) is 32.1. The van der Waals surface area contributed by atoms with Gasteiger partial charge in [-0.25, -0.2) is 4.98 Å². The molecule has 36 heavy (non-hydrogen) atoms. The quantitative estimate of drug-likeness (QED) is 0.328. The summed E-state index contributed by atoms with van der Waals surface area (Å²) in [6, 6.07) is 25.7. The zero-order chi connectivity index (χ0) is 24.7. The summed E-state index contributed by atoms with van der Waals surface area (Å²) >= 11 is 0. The van der Waals surface area contributed by atoms with Gasteiger partial charge in [0, 0.05) is 31.8 Å². The monoisotopic (exact) mass is 477 g/mol. The number of rotatable bonds is 9. The van der Waals surface area contributed by atoms with Gasteiger partial charge in [0.25, 0.3) is 5.56 Å². The van der Waals surface area contributed by atoms with E-state index < -0.39 is 0 Å². The second-order valence-corrected chi connectivity index (χ2v) is 8.72. The second-order valence-electron chi connectivity index (χ2n) is 8.72. The van der Waals surface area contributed by atoms with Crippen LogP contribution in [0.3, 0.4) is 0 Å². The fourth-order valence-corrected chi connectivity index (χ4v) is 4.28. The molecule has 1 amide bonds. The first kappa shape index (κ1) is 23.2. The van der Waals surface area contributed by atoms with E-state index in [-0.39, 0.29) is 11.5 Å². The molecule has 0 saturated carbocycles. The maximum atomic E-state index is 12.5. The van der Waals surface area contributed by atoms with Gasteiger partial charge in [-0.1, -0.05) is 60.7 Å². The van der Waals surface area contributed by atoms with Gasteiger partial charge in [-0.2, -0.15) is 5.10 Å². The molecular formula is C29H27N5O2. The molecule has 0 bridgehead atoms. The molecular weight excluding hydrogens is 450 g/mol. The van der Waals surface area contributed by atoms with Crippen LogP contribution in [0.25, 0.3) is 22.0 Å². The molecule has 7 nitrogen and oxygen atoms in total. The first-order valence-corrected chi connectivity index (χ1v) is 12.0. The number of para-hydroxylation sites is 1. The number of benzene rings is 3. The van der Waals surface area contributed by atoms with Gasteiger partial charge in [0.1, 0.15) is 5.82 Å². The van der Waals surface area contributed by atoms with Crippen LogP contribution in [-0.2, 0) is 24.3 Å². The molecule has 5 aromatic rings. The lowest BCUT2D eigenvalue weighted by molar-refractivity contribution is -0.121. The molecule has 180 valence electrons. The van der Waals surface area contributed by atoms with Gasteiger partial charge in [-0.05, 0) is 46.9 Å². The van der Waals surface area contributed by atoms with Gasteiger partial charge in [0.05, 0.1) is 17.4 Å². The minimum absolute atomic E-state index is 0.0255. The average molecular weight is 478 g/mol. The number of nitrogens with one attached hydrogen (secondary N) is 2. The SMILES string of the molecule is O=C(CCCc1nc2ccccc2c(=O)[nH]1)NCc1ccccc1-c1ccc(Cn2cccn2)cc1. The van der Waals surface area contributed by atoms with E-state index >= 15 is 0 Å². The van der Waals surface area contributed by atoms with Crippen molar-refractivity contribution >= 4 is 16.8 Å². The van der Waals surface area contributed by atoms with Crippen LogP contribution < -0.4 is 10.9 Å². The van der Waals surface area contributed by atoms with Crippen molar-refractivity contribution in [1.29, 1.82) is 0 Å². The number of nitrogens with zero attached hydrogens (tertiary/aromatic N) is 3. The van der Waals surface area contributed by atoms with Gasteiger partial charge in [-0.15, -0.1) is 0 Å². The summed E-state index contributed by atoms with van der Waals surface area (Å²) in [5, 5.41) is 7.87. The Morgan fingerprint density at radius 2 is 1.75 bits per heavy atom. The van der Waals surface area contributed by atoms with Crippen molar-refractivity contribution in [2.75, 3.05) is 0 Å². The molecule has 0 radical (unpaired) electrons. The first-order valence-electron chi connectivity index (χ1n) is 12.0. The van der Waals surface area contributed by atoms with Gasteiger partial charge >= 0.3 is 0 Å². The lowest BCUT2D eigenvalue weighted by atomic mass is 9.98. The first-order chi connectivity index (χ1) is 17.7. The molecule has 0 fully saturated rings. The van der Waals surface area contributed by atoms with Crippen LogP contribution in [0.2, 0.25) is 0 Å². The lowest BCUT2D eigenvalue weighted by Gasteiger charge is -2.12. The van der Waals surface area contributed by atoms with Crippen LogP contribution >= 0.6 is 0 Å². The van der Waals surface area contributed by atoms with Crippen LogP contribution in [0.4, 0.5) is 0 Å². The number of aromatic nitrogens is 4. The standard InChI is InChI=1S/C29H27N5O2/c35-28(12-5-11-27-32-26-10-4-3-9-25(26)29(36)33-27)30-19-23-7-1-2-8-24(23)22-15-13-21(14-16-22)20-34-18-6-17-31-34/h1-4,6-10,13-18H,5,11-12,19-20H2,(H,30,35)(H,32,33,36). The summed E-state index contributed by atoms with van der Waals surface area (Å²) in [6.45, 7) is 1.18. The summed E-state index contributed by atoms with van der Waals surface area (Å²) in [7, 11) is 0. The number of aromatic amines is 1. The minimum Gasteiger partial charge on any atom is -0.352 e. The Labute approximate surface area is 208 Å². The number of amides is 1. The molecule has 2 heterocycles. The normalized spacial score (nSPS) is 11.0.